The van der Waals surface area contributed by atoms with Crippen LogP contribution < -0.4 is 0 Å². The smallest absolute Gasteiger partial charge is 0.286 e. The van der Waals surface area contributed by atoms with Gasteiger partial charge in [0.1, 0.15) is 0 Å². The molecule has 0 N–H and O–H groups in total. The minimum Gasteiger partial charge on any atom is -0.347 e. The molecule has 3 aliphatic heterocycles. The van der Waals surface area contributed by atoms with Crippen molar-refractivity contribution in [2.45, 2.75) is 0 Å². The number of hydrogen-bond donors (Lipinski definition) is 0. The molecular weight excluding hydrogens is 600 g/mol. The highest BCUT2D eigenvalue weighted by molar-refractivity contribution is 9.10. The maximum Gasteiger partial charge on any atom is 0.286 e. The van der Waals surface area contributed by atoms with Gasteiger partial charge >= 0.3 is 0 Å². The van der Waals surface area contributed by atoms with Crippen molar-refractivity contribution in [2.24, 2.45) is 9.98 Å². The summed E-state index contributed by atoms with van der Waals surface area (Å²) in [5.41, 5.74) is 1.93. The average Bonchev–Trinajstić information content (AvgIpc) is 3.39. The molecule has 0 atom stereocenters. The summed E-state index contributed by atoms with van der Waals surface area (Å²) in [6.07, 6.45) is 3.75. The zero-order valence-electron chi connectivity index (χ0n) is 17.8. The number of thioether (sulfide) groups is 2. The molecule has 2 aromatic carbocycles. The summed E-state index contributed by atoms with van der Waals surface area (Å²) >= 11 is 9.68. The van der Waals surface area contributed by atoms with E-state index in [2.05, 4.69) is 51.6 Å². The van der Waals surface area contributed by atoms with Crippen LogP contribution in [0.4, 0.5) is 0 Å². The van der Waals surface area contributed by atoms with Gasteiger partial charge in [0.15, 0.2) is 10.3 Å². The first-order chi connectivity index (χ1) is 16.4. The summed E-state index contributed by atoms with van der Waals surface area (Å²) in [5.74, 6) is -0.399. The third-order valence-corrected chi connectivity index (χ3v) is 8.52. The molecule has 3 aliphatic rings. The Balaban J connectivity index is 1.18. The molecule has 0 unspecified atom stereocenters. The summed E-state index contributed by atoms with van der Waals surface area (Å²) < 4.78 is 2.00. The largest absolute Gasteiger partial charge is 0.347 e. The van der Waals surface area contributed by atoms with Gasteiger partial charge in [0, 0.05) is 35.1 Å². The first-order valence-electron chi connectivity index (χ1n) is 10.5. The van der Waals surface area contributed by atoms with Gasteiger partial charge in [0.25, 0.3) is 11.8 Å². The van der Waals surface area contributed by atoms with E-state index < -0.39 is 0 Å². The molecule has 10 heteroatoms. The minimum atomic E-state index is -0.200. The van der Waals surface area contributed by atoms with Crippen molar-refractivity contribution in [3.8, 4) is 0 Å². The van der Waals surface area contributed by atoms with Gasteiger partial charge in [-0.05, 0) is 71.1 Å². The van der Waals surface area contributed by atoms with Crippen LogP contribution >= 0.6 is 55.4 Å². The van der Waals surface area contributed by atoms with Gasteiger partial charge in [0.2, 0.25) is 0 Å². The molecule has 172 valence electrons. The Morgan fingerprint density at radius 2 is 1.00 bits per heavy atom. The number of halogens is 2. The van der Waals surface area contributed by atoms with Gasteiger partial charge in [-0.25, -0.2) is 0 Å². The molecule has 3 heterocycles. The highest BCUT2D eigenvalue weighted by Crippen LogP contribution is 2.33. The Morgan fingerprint density at radius 3 is 1.35 bits per heavy atom. The number of carbonyl (C=O) groups is 2. The maximum atomic E-state index is 12.4. The summed E-state index contributed by atoms with van der Waals surface area (Å²) in [6.45, 7) is 2.85. The van der Waals surface area contributed by atoms with Gasteiger partial charge < -0.3 is 9.80 Å². The van der Waals surface area contributed by atoms with Crippen LogP contribution in [0.25, 0.3) is 12.2 Å². The second-order valence-electron chi connectivity index (χ2n) is 7.70. The van der Waals surface area contributed by atoms with Crippen LogP contribution in [0.5, 0.6) is 0 Å². The first-order valence-corrected chi connectivity index (χ1v) is 13.7. The predicted molar refractivity (Wildman–Crippen MR) is 147 cm³/mol. The van der Waals surface area contributed by atoms with Crippen molar-refractivity contribution in [1.29, 1.82) is 0 Å². The van der Waals surface area contributed by atoms with Crippen molar-refractivity contribution in [2.75, 3.05) is 26.2 Å². The van der Waals surface area contributed by atoms with Gasteiger partial charge in [-0.15, -0.1) is 0 Å². The van der Waals surface area contributed by atoms with E-state index in [0.717, 1.165) is 30.4 Å². The van der Waals surface area contributed by atoms with Crippen molar-refractivity contribution in [3.63, 3.8) is 0 Å². The molecule has 0 bridgehead atoms. The fourth-order valence-electron chi connectivity index (χ4n) is 3.58. The Morgan fingerprint density at radius 1 is 0.647 bits per heavy atom. The fourth-order valence-corrected chi connectivity index (χ4v) is 6.03. The highest BCUT2D eigenvalue weighted by atomic mass is 79.9. The second-order valence-corrected chi connectivity index (χ2v) is 11.5. The molecule has 0 aromatic heterocycles. The van der Waals surface area contributed by atoms with Crippen molar-refractivity contribution in [1.82, 2.24) is 9.80 Å². The molecule has 1 fully saturated rings. The Hall–Kier alpha value is -2.14. The highest BCUT2D eigenvalue weighted by Gasteiger charge is 2.32. The normalized spacial score (nSPS) is 21.0. The molecular formula is C24H18Br2N4O2S2. The lowest BCUT2D eigenvalue weighted by Gasteiger charge is -2.35. The number of piperazine rings is 1. The predicted octanol–water partition coefficient (Wildman–Crippen LogP) is 5.47. The fraction of sp³-hybridized carbons (Fsp3) is 0.167. The minimum absolute atomic E-state index is 0.200. The van der Waals surface area contributed by atoms with Gasteiger partial charge in [-0.2, -0.15) is 9.98 Å². The van der Waals surface area contributed by atoms with Gasteiger partial charge in [-0.1, -0.05) is 56.1 Å². The van der Waals surface area contributed by atoms with Crippen molar-refractivity contribution < 1.29 is 9.59 Å². The summed E-state index contributed by atoms with van der Waals surface area (Å²) in [5, 5.41) is 1.47. The quantitative estimate of drug-likeness (QED) is 0.417. The summed E-state index contributed by atoms with van der Waals surface area (Å²) in [6, 6.07) is 15.6. The van der Waals surface area contributed by atoms with Crippen LogP contribution in [-0.4, -0.2) is 58.1 Å². The molecule has 5 rings (SSSR count). The second kappa shape index (κ2) is 10.2. The number of amides is 2. The number of benzene rings is 2. The summed E-state index contributed by atoms with van der Waals surface area (Å²) in [4.78, 5) is 38.9. The number of hydrogen-bond acceptors (Lipinski definition) is 6. The molecule has 2 amide bonds. The SMILES string of the molecule is O=C1N=C(N2CCN(C3=NC(=O)/C(=C/c4ccc(Br)cc4)S3)CC2)S/C1=C\c1ccc(Br)cc1. The van der Waals surface area contributed by atoms with E-state index in [1.807, 2.05) is 60.7 Å². The molecule has 34 heavy (non-hydrogen) atoms. The zero-order chi connectivity index (χ0) is 23.7. The number of aliphatic imine (C=N–C) groups is 2. The summed E-state index contributed by atoms with van der Waals surface area (Å²) in [7, 11) is 0. The number of rotatable bonds is 2. The Kier molecular flexibility index (Phi) is 7.10. The van der Waals surface area contributed by atoms with Crippen LogP contribution in [0.1, 0.15) is 11.1 Å². The molecule has 0 radical (unpaired) electrons. The first kappa shape index (κ1) is 23.6. The van der Waals surface area contributed by atoms with Crippen molar-refractivity contribution >= 4 is 89.7 Å². The molecule has 0 saturated carbocycles. The Labute approximate surface area is 222 Å². The van der Waals surface area contributed by atoms with E-state index in [1.54, 1.807) is 0 Å². The molecule has 0 spiro atoms. The molecule has 1 saturated heterocycles. The topological polar surface area (TPSA) is 65.3 Å². The lowest BCUT2D eigenvalue weighted by Crippen LogP contribution is -2.49. The van der Waals surface area contributed by atoms with E-state index in [4.69, 9.17) is 0 Å². The van der Waals surface area contributed by atoms with Crippen LogP contribution in [0.15, 0.2) is 77.3 Å². The average molecular weight is 618 g/mol. The standard InChI is InChI=1S/C24H18Br2N4O2S2/c25-17-5-1-15(2-6-17)13-19-21(31)27-23(33-19)29-9-11-30(12-10-29)24-28-22(32)20(34-24)14-16-3-7-18(26)8-4-16/h1-8,13-14H,9-12H2/b19-13-,20-14-. The third kappa shape index (κ3) is 5.40. The molecule has 0 aliphatic carbocycles. The van der Waals surface area contributed by atoms with E-state index in [0.29, 0.717) is 36.0 Å². The lowest BCUT2D eigenvalue weighted by molar-refractivity contribution is -0.114. The molecule has 6 nitrogen and oxygen atoms in total. The third-order valence-electron chi connectivity index (χ3n) is 5.37. The van der Waals surface area contributed by atoms with Crippen LogP contribution in [-0.2, 0) is 9.59 Å². The number of carbonyl (C=O) groups excluding carboxylic acids is 2. The van der Waals surface area contributed by atoms with E-state index >= 15 is 0 Å². The number of nitrogens with zero attached hydrogens (tertiary/aromatic N) is 4. The lowest BCUT2D eigenvalue weighted by atomic mass is 10.2. The zero-order valence-corrected chi connectivity index (χ0v) is 22.6. The maximum absolute atomic E-state index is 12.4. The Bertz CT molecular complexity index is 1160. The monoisotopic (exact) mass is 616 g/mol. The number of amidine groups is 2. The van der Waals surface area contributed by atoms with Crippen LogP contribution in [0.3, 0.4) is 0 Å². The van der Waals surface area contributed by atoms with E-state index in [1.165, 1.54) is 23.5 Å². The molecule has 2 aromatic rings. The van der Waals surface area contributed by atoms with E-state index in [9.17, 15) is 9.59 Å². The van der Waals surface area contributed by atoms with E-state index in [-0.39, 0.29) is 11.8 Å². The van der Waals surface area contributed by atoms with Crippen LogP contribution in [0, 0.1) is 0 Å². The van der Waals surface area contributed by atoms with Gasteiger partial charge in [-0.3, -0.25) is 9.59 Å². The van der Waals surface area contributed by atoms with Crippen molar-refractivity contribution in [3.05, 3.63) is 78.4 Å². The van der Waals surface area contributed by atoms with Gasteiger partial charge in [0.05, 0.1) is 9.81 Å². The van der Waals surface area contributed by atoms with Crippen LogP contribution in [0.2, 0.25) is 0 Å².